The molecular weight excluding hydrogens is 268 g/mol. The second kappa shape index (κ2) is 6.02. The lowest BCUT2D eigenvalue weighted by Gasteiger charge is -2.23. The van der Waals surface area contributed by atoms with Crippen molar-refractivity contribution in [2.45, 2.75) is 26.8 Å². The van der Waals surface area contributed by atoms with Crippen LogP contribution in [0, 0.1) is 15.5 Å². The van der Waals surface area contributed by atoms with Gasteiger partial charge in [-0.15, -0.1) is 11.6 Å². The van der Waals surface area contributed by atoms with Gasteiger partial charge in [0.2, 0.25) is 5.91 Å². The van der Waals surface area contributed by atoms with Crippen molar-refractivity contribution in [3.63, 3.8) is 0 Å². The zero-order chi connectivity index (χ0) is 14.6. The summed E-state index contributed by atoms with van der Waals surface area (Å²) in [5.41, 5.74) is 0.0272. The van der Waals surface area contributed by atoms with Crippen LogP contribution in [0.25, 0.3) is 0 Å². The van der Waals surface area contributed by atoms with Crippen molar-refractivity contribution in [2.75, 3.05) is 5.88 Å². The number of non-ortho nitro benzene ring substituents is 1. The van der Waals surface area contributed by atoms with Crippen LogP contribution in [0.2, 0.25) is 0 Å². The topological polar surface area (TPSA) is 72.2 Å². The second-order valence-electron chi connectivity index (χ2n) is 5.06. The molecule has 0 saturated carbocycles. The molecule has 1 amide bonds. The van der Waals surface area contributed by atoms with Gasteiger partial charge in [0.1, 0.15) is 0 Å². The molecule has 6 heteroatoms. The van der Waals surface area contributed by atoms with Crippen LogP contribution in [-0.4, -0.2) is 16.7 Å². The van der Waals surface area contributed by atoms with Crippen molar-refractivity contribution in [1.82, 2.24) is 5.32 Å². The van der Waals surface area contributed by atoms with Gasteiger partial charge in [-0.1, -0.05) is 12.1 Å². The molecule has 0 aliphatic rings. The zero-order valence-corrected chi connectivity index (χ0v) is 11.9. The Bertz CT molecular complexity index is 489. The van der Waals surface area contributed by atoms with Crippen LogP contribution < -0.4 is 5.32 Å². The number of nitrogens with one attached hydrogen (secondary N) is 1. The van der Waals surface area contributed by atoms with Gasteiger partial charge in [-0.3, -0.25) is 14.9 Å². The lowest BCUT2D eigenvalue weighted by molar-refractivity contribution is -0.384. The van der Waals surface area contributed by atoms with Crippen LogP contribution in [0.4, 0.5) is 5.69 Å². The second-order valence-corrected chi connectivity index (χ2v) is 5.33. The molecule has 0 saturated heterocycles. The van der Waals surface area contributed by atoms with Crippen molar-refractivity contribution in [3.8, 4) is 0 Å². The fraction of sp³-hybridized carbons (Fsp3) is 0.462. The summed E-state index contributed by atoms with van der Waals surface area (Å²) in [6.07, 6.45) is 0. The van der Waals surface area contributed by atoms with Crippen LogP contribution in [0.5, 0.6) is 0 Å². The molecule has 1 N–H and O–H groups in total. The number of nitrogens with zero attached hydrogens (tertiary/aromatic N) is 1. The van der Waals surface area contributed by atoms with Crippen LogP contribution in [-0.2, 0) is 4.79 Å². The number of alkyl halides is 1. The number of nitro groups is 1. The Morgan fingerprint density at radius 2 is 2.16 bits per heavy atom. The molecule has 0 aliphatic carbocycles. The molecule has 1 rings (SSSR count). The van der Waals surface area contributed by atoms with Gasteiger partial charge in [-0.2, -0.15) is 0 Å². The average Bonchev–Trinajstić information content (AvgIpc) is 2.38. The molecular formula is C13H17ClN2O3. The van der Waals surface area contributed by atoms with E-state index in [0.717, 1.165) is 0 Å². The molecule has 1 aromatic carbocycles. The minimum atomic E-state index is -0.670. The lowest BCUT2D eigenvalue weighted by atomic mass is 9.94. The Morgan fingerprint density at radius 1 is 1.53 bits per heavy atom. The Hall–Kier alpha value is -1.62. The Kier molecular flexibility index (Phi) is 4.89. The maximum atomic E-state index is 12.0. The van der Waals surface area contributed by atoms with Crippen molar-refractivity contribution in [2.24, 2.45) is 5.41 Å². The molecule has 0 bridgehead atoms. The van der Waals surface area contributed by atoms with Gasteiger partial charge in [0.25, 0.3) is 5.69 Å². The summed E-state index contributed by atoms with van der Waals surface area (Å²) in [6.45, 7) is 5.27. The van der Waals surface area contributed by atoms with Crippen molar-refractivity contribution >= 4 is 23.2 Å². The highest BCUT2D eigenvalue weighted by Gasteiger charge is 2.27. The first kappa shape index (κ1) is 15.4. The van der Waals surface area contributed by atoms with E-state index in [2.05, 4.69) is 5.32 Å². The zero-order valence-electron chi connectivity index (χ0n) is 11.1. The van der Waals surface area contributed by atoms with Crippen LogP contribution in [0.15, 0.2) is 24.3 Å². The summed E-state index contributed by atoms with van der Waals surface area (Å²) < 4.78 is 0. The van der Waals surface area contributed by atoms with Crippen molar-refractivity contribution in [1.29, 1.82) is 0 Å². The quantitative estimate of drug-likeness (QED) is 0.513. The normalized spacial score (nSPS) is 12.8. The summed E-state index contributed by atoms with van der Waals surface area (Å²) in [6, 6.07) is 5.91. The Labute approximate surface area is 117 Å². The van der Waals surface area contributed by atoms with Crippen LogP contribution >= 0.6 is 11.6 Å². The largest absolute Gasteiger partial charge is 0.349 e. The van der Waals surface area contributed by atoms with E-state index in [-0.39, 0.29) is 23.5 Å². The molecule has 1 aromatic rings. The third-order valence-corrected chi connectivity index (χ3v) is 3.55. The van der Waals surface area contributed by atoms with Gasteiger partial charge >= 0.3 is 0 Å². The molecule has 0 aromatic heterocycles. The number of amides is 1. The molecule has 19 heavy (non-hydrogen) atoms. The van der Waals surface area contributed by atoms with E-state index in [1.165, 1.54) is 12.1 Å². The maximum Gasteiger partial charge on any atom is 0.269 e. The summed E-state index contributed by atoms with van der Waals surface area (Å²) in [4.78, 5) is 22.2. The molecule has 1 atom stereocenters. The molecule has 0 radical (unpaired) electrons. The highest BCUT2D eigenvalue weighted by atomic mass is 35.5. The predicted molar refractivity (Wildman–Crippen MR) is 74.2 cm³/mol. The minimum Gasteiger partial charge on any atom is -0.349 e. The molecule has 0 aliphatic heterocycles. The molecule has 0 spiro atoms. The van der Waals surface area contributed by atoms with E-state index in [1.54, 1.807) is 32.9 Å². The predicted octanol–water partition coefficient (Wildman–Crippen LogP) is 3.04. The Morgan fingerprint density at radius 3 is 2.68 bits per heavy atom. The summed E-state index contributed by atoms with van der Waals surface area (Å²) in [5.74, 6) is 0.0297. The first-order valence-corrected chi connectivity index (χ1v) is 6.42. The van der Waals surface area contributed by atoms with Gasteiger partial charge < -0.3 is 5.32 Å². The molecule has 104 valence electrons. The van der Waals surface area contributed by atoms with Crippen molar-refractivity contribution < 1.29 is 9.72 Å². The molecule has 1 unspecified atom stereocenters. The number of hydrogen-bond donors (Lipinski definition) is 1. The SMILES string of the molecule is CC(NC(=O)C(C)(C)CCl)c1cccc([N+](=O)[O-])c1. The van der Waals surface area contributed by atoms with Gasteiger partial charge in [-0.05, 0) is 26.3 Å². The third-order valence-electron chi connectivity index (χ3n) is 2.88. The average molecular weight is 285 g/mol. The number of hydrogen-bond acceptors (Lipinski definition) is 3. The Balaban J connectivity index is 2.84. The van der Waals surface area contributed by atoms with E-state index in [1.807, 2.05) is 0 Å². The van der Waals surface area contributed by atoms with Gasteiger partial charge in [0.05, 0.1) is 16.4 Å². The first-order chi connectivity index (χ1) is 8.77. The minimum absolute atomic E-state index is 0.00945. The molecule has 5 nitrogen and oxygen atoms in total. The van der Waals surface area contributed by atoms with E-state index in [0.29, 0.717) is 5.56 Å². The molecule has 0 heterocycles. The fourth-order valence-corrected chi connectivity index (χ4v) is 1.57. The number of carbonyl (C=O) groups is 1. The number of nitro benzene ring substituents is 1. The summed E-state index contributed by atoms with van der Waals surface area (Å²) in [7, 11) is 0. The van der Waals surface area contributed by atoms with Gasteiger partial charge in [-0.25, -0.2) is 0 Å². The summed E-state index contributed by atoms with van der Waals surface area (Å²) in [5, 5.41) is 13.5. The number of rotatable bonds is 5. The van der Waals surface area contributed by atoms with E-state index < -0.39 is 10.3 Å². The first-order valence-electron chi connectivity index (χ1n) is 5.89. The van der Waals surface area contributed by atoms with E-state index in [9.17, 15) is 14.9 Å². The highest BCUT2D eigenvalue weighted by Crippen LogP contribution is 2.22. The lowest BCUT2D eigenvalue weighted by Crippen LogP contribution is -2.39. The smallest absolute Gasteiger partial charge is 0.269 e. The van der Waals surface area contributed by atoms with E-state index in [4.69, 9.17) is 11.6 Å². The van der Waals surface area contributed by atoms with Crippen LogP contribution in [0.1, 0.15) is 32.4 Å². The third kappa shape index (κ3) is 3.92. The maximum absolute atomic E-state index is 12.0. The number of carbonyl (C=O) groups excluding carboxylic acids is 1. The van der Waals surface area contributed by atoms with Crippen LogP contribution in [0.3, 0.4) is 0 Å². The van der Waals surface area contributed by atoms with Gasteiger partial charge in [0, 0.05) is 18.0 Å². The highest BCUT2D eigenvalue weighted by molar-refractivity contribution is 6.19. The molecule has 0 fully saturated rings. The fourth-order valence-electron chi connectivity index (χ4n) is 1.44. The number of benzene rings is 1. The van der Waals surface area contributed by atoms with E-state index >= 15 is 0 Å². The summed E-state index contributed by atoms with van der Waals surface area (Å²) >= 11 is 5.73. The number of halogens is 1. The van der Waals surface area contributed by atoms with Crippen molar-refractivity contribution in [3.05, 3.63) is 39.9 Å². The van der Waals surface area contributed by atoms with Gasteiger partial charge in [0.15, 0.2) is 0 Å². The monoisotopic (exact) mass is 284 g/mol. The standard InChI is InChI=1S/C13H17ClN2O3/c1-9(15-12(17)13(2,3)8-14)10-5-4-6-11(7-10)16(18)19/h4-7,9H,8H2,1-3H3,(H,15,17).